The van der Waals surface area contributed by atoms with E-state index >= 15 is 0 Å². The fourth-order valence-corrected chi connectivity index (χ4v) is 2.74. The van der Waals surface area contributed by atoms with Gasteiger partial charge < -0.3 is 21.1 Å². The van der Waals surface area contributed by atoms with Crippen molar-refractivity contribution in [2.24, 2.45) is 5.73 Å². The van der Waals surface area contributed by atoms with E-state index in [0.717, 1.165) is 11.3 Å². The van der Waals surface area contributed by atoms with Crippen LogP contribution in [0.15, 0.2) is 84.9 Å². The van der Waals surface area contributed by atoms with E-state index in [1.807, 2.05) is 60.7 Å². The van der Waals surface area contributed by atoms with Gasteiger partial charge in [0.15, 0.2) is 0 Å². The van der Waals surface area contributed by atoms with Gasteiger partial charge >= 0.3 is 6.03 Å². The van der Waals surface area contributed by atoms with E-state index in [1.54, 1.807) is 24.3 Å². The molecule has 1 unspecified atom stereocenters. The van der Waals surface area contributed by atoms with Gasteiger partial charge in [-0.3, -0.25) is 4.79 Å². The number of hydrogen-bond acceptors (Lipinski definition) is 3. The second-order valence-electron chi connectivity index (χ2n) is 6.16. The zero-order valence-corrected chi connectivity index (χ0v) is 15.2. The highest BCUT2D eigenvalue weighted by Gasteiger charge is 2.17. The van der Waals surface area contributed by atoms with Crippen LogP contribution in [0.3, 0.4) is 0 Å². The van der Waals surface area contributed by atoms with Gasteiger partial charge in [-0.2, -0.15) is 0 Å². The SMILES string of the molecule is NC(=O)NC(CC(=O)Nc1ccc(Oc2ccccc2)cc1)c1ccccc1. The molecule has 0 aliphatic heterocycles. The Labute approximate surface area is 163 Å². The van der Waals surface area contributed by atoms with Crippen molar-refractivity contribution >= 4 is 17.6 Å². The van der Waals surface area contributed by atoms with Crippen LogP contribution in [-0.4, -0.2) is 11.9 Å². The Kier molecular flexibility index (Phi) is 6.25. The Balaban J connectivity index is 1.60. The lowest BCUT2D eigenvalue weighted by atomic mass is 10.0. The Morgan fingerprint density at radius 3 is 2.00 bits per heavy atom. The van der Waals surface area contributed by atoms with Gasteiger partial charge in [-0.25, -0.2) is 4.79 Å². The van der Waals surface area contributed by atoms with Crippen molar-refractivity contribution in [3.63, 3.8) is 0 Å². The van der Waals surface area contributed by atoms with Crippen molar-refractivity contribution in [2.75, 3.05) is 5.32 Å². The number of amides is 3. The minimum absolute atomic E-state index is 0.0647. The summed E-state index contributed by atoms with van der Waals surface area (Å²) in [6.45, 7) is 0. The lowest BCUT2D eigenvalue weighted by Crippen LogP contribution is -2.35. The first-order valence-electron chi connectivity index (χ1n) is 8.84. The molecule has 28 heavy (non-hydrogen) atoms. The third kappa shape index (κ3) is 5.60. The Bertz CT molecular complexity index is 913. The van der Waals surface area contributed by atoms with E-state index < -0.39 is 12.1 Å². The van der Waals surface area contributed by atoms with Gasteiger partial charge in [0.1, 0.15) is 11.5 Å². The van der Waals surface area contributed by atoms with E-state index in [9.17, 15) is 9.59 Å². The molecule has 3 rings (SSSR count). The van der Waals surface area contributed by atoms with E-state index in [-0.39, 0.29) is 12.3 Å². The zero-order valence-electron chi connectivity index (χ0n) is 15.2. The van der Waals surface area contributed by atoms with Crippen LogP contribution in [0.5, 0.6) is 11.5 Å². The second kappa shape index (κ2) is 9.23. The molecule has 4 N–H and O–H groups in total. The molecule has 0 aliphatic rings. The summed E-state index contributed by atoms with van der Waals surface area (Å²) in [5.74, 6) is 1.17. The average molecular weight is 375 g/mol. The molecule has 0 bridgehead atoms. The first-order chi connectivity index (χ1) is 13.6. The summed E-state index contributed by atoms with van der Waals surface area (Å²) in [6.07, 6.45) is 0.0647. The predicted molar refractivity (Wildman–Crippen MR) is 108 cm³/mol. The molecule has 6 nitrogen and oxygen atoms in total. The molecule has 0 aromatic heterocycles. The summed E-state index contributed by atoms with van der Waals surface area (Å²) in [7, 11) is 0. The average Bonchev–Trinajstić information content (AvgIpc) is 2.70. The number of primary amides is 1. The molecule has 0 spiro atoms. The van der Waals surface area contributed by atoms with Gasteiger partial charge in [0.25, 0.3) is 0 Å². The molecular weight excluding hydrogens is 354 g/mol. The topological polar surface area (TPSA) is 93.5 Å². The molecule has 142 valence electrons. The number of hydrogen-bond donors (Lipinski definition) is 3. The maximum absolute atomic E-state index is 12.4. The van der Waals surface area contributed by atoms with Crippen molar-refractivity contribution in [2.45, 2.75) is 12.5 Å². The monoisotopic (exact) mass is 375 g/mol. The van der Waals surface area contributed by atoms with Crippen molar-refractivity contribution in [1.29, 1.82) is 0 Å². The number of carbonyl (C=O) groups excluding carboxylic acids is 2. The Morgan fingerprint density at radius 1 is 0.821 bits per heavy atom. The number of para-hydroxylation sites is 1. The first-order valence-corrected chi connectivity index (χ1v) is 8.84. The number of ether oxygens (including phenoxy) is 1. The van der Waals surface area contributed by atoms with Crippen LogP contribution in [0, 0.1) is 0 Å². The van der Waals surface area contributed by atoms with Crippen molar-refractivity contribution in [1.82, 2.24) is 5.32 Å². The van der Waals surface area contributed by atoms with Gasteiger partial charge in [-0.05, 0) is 42.0 Å². The summed E-state index contributed by atoms with van der Waals surface area (Å²) < 4.78 is 5.73. The minimum atomic E-state index is -0.677. The number of nitrogens with one attached hydrogen (secondary N) is 2. The van der Waals surface area contributed by atoms with Gasteiger partial charge in [0.2, 0.25) is 5.91 Å². The first kappa shape index (κ1) is 19.0. The second-order valence-corrected chi connectivity index (χ2v) is 6.16. The molecule has 1 atom stereocenters. The van der Waals surface area contributed by atoms with Crippen LogP contribution >= 0.6 is 0 Å². The van der Waals surface area contributed by atoms with E-state index in [2.05, 4.69) is 10.6 Å². The van der Waals surface area contributed by atoms with Gasteiger partial charge in [0, 0.05) is 5.69 Å². The molecule has 3 amide bonds. The number of carbonyl (C=O) groups is 2. The smallest absolute Gasteiger partial charge is 0.312 e. The molecule has 0 heterocycles. The minimum Gasteiger partial charge on any atom is -0.457 e. The number of benzene rings is 3. The quantitative estimate of drug-likeness (QED) is 0.577. The van der Waals surface area contributed by atoms with Crippen molar-refractivity contribution in [3.8, 4) is 11.5 Å². The summed E-state index contributed by atoms with van der Waals surface area (Å²) in [5, 5.41) is 5.43. The standard InChI is InChI=1S/C22H21N3O3/c23-22(27)25-20(16-7-3-1-4-8-16)15-21(26)24-17-11-13-19(14-12-17)28-18-9-5-2-6-10-18/h1-14,20H,15H2,(H,24,26)(H3,23,25,27). The normalized spacial score (nSPS) is 11.3. The van der Waals surface area contributed by atoms with Crippen LogP contribution in [0.2, 0.25) is 0 Å². The maximum Gasteiger partial charge on any atom is 0.312 e. The summed E-state index contributed by atoms with van der Waals surface area (Å²) in [4.78, 5) is 23.7. The molecular formula is C22H21N3O3. The van der Waals surface area contributed by atoms with Crippen LogP contribution in [-0.2, 0) is 4.79 Å². The molecule has 0 fully saturated rings. The highest BCUT2D eigenvalue weighted by molar-refractivity contribution is 5.91. The third-order valence-corrected chi connectivity index (χ3v) is 4.02. The Morgan fingerprint density at radius 2 is 1.39 bits per heavy atom. The van der Waals surface area contributed by atoms with Crippen LogP contribution in [0.1, 0.15) is 18.0 Å². The lowest BCUT2D eigenvalue weighted by Gasteiger charge is -2.17. The molecule has 3 aromatic rings. The van der Waals surface area contributed by atoms with Gasteiger partial charge in [-0.1, -0.05) is 48.5 Å². The largest absolute Gasteiger partial charge is 0.457 e. The lowest BCUT2D eigenvalue weighted by molar-refractivity contribution is -0.116. The molecule has 0 radical (unpaired) electrons. The summed E-state index contributed by atoms with van der Waals surface area (Å²) >= 11 is 0. The third-order valence-electron chi connectivity index (χ3n) is 4.02. The van der Waals surface area contributed by atoms with Crippen LogP contribution in [0.25, 0.3) is 0 Å². The number of urea groups is 1. The predicted octanol–water partition coefficient (Wildman–Crippen LogP) is 4.22. The van der Waals surface area contributed by atoms with Crippen LogP contribution in [0.4, 0.5) is 10.5 Å². The number of nitrogens with two attached hydrogens (primary N) is 1. The molecule has 6 heteroatoms. The van der Waals surface area contributed by atoms with Crippen molar-refractivity contribution < 1.29 is 14.3 Å². The maximum atomic E-state index is 12.4. The Hall–Kier alpha value is -3.80. The van der Waals surface area contributed by atoms with Gasteiger partial charge in [-0.15, -0.1) is 0 Å². The fraction of sp³-hybridized carbons (Fsp3) is 0.0909. The molecule has 0 saturated carbocycles. The van der Waals surface area contributed by atoms with E-state index in [1.165, 1.54) is 0 Å². The highest BCUT2D eigenvalue weighted by atomic mass is 16.5. The number of rotatable bonds is 7. The fourth-order valence-electron chi connectivity index (χ4n) is 2.74. The van der Waals surface area contributed by atoms with E-state index in [0.29, 0.717) is 11.4 Å². The number of anilines is 1. The summed E-state index contributed by atoms with van der Waals surface area (Å²) in [6, 6.07) is 24.6. The molecule has 0 saturated heterocycles. The summed E-state index contributed by atoms with van der Waals surface area (Å²) in [5.41, 5.74) is 6.69. The molecule has 3 aromatic carbocycles. The van der Waals surface area contributed by atoms with Crippen LogP contribution < -0.4 is 21.1 Å². The van der Waals surface area contributed by atoms with Crippen molar-refractivity contribution in [3.05, 3.63) is 90.5 Å². The highest BCUT2D eigenvalue weighted by Crippen LogP contribution is 2.23. The van der Waals surface area contributed by atoms with E-state index in [4.69, 9.17) is 10.5 Å². The molecule has 0 aliphatic carbocycles. The van der Waals surface area contributed by atoms with Gasteiger partial charge in [0.05, 0.1) is 12.5 Å². The zero-order chi connectivity index (χ0) is 19.8.